The molecule has 0 fully saturated rings. The molecule has 3 N–H and O–H groups in total. The quantitative estimate of drug-likeness (QED) is 0.256. The molecule has 0 atom stereocenters. The van der Waals surface area contributed by atoms with E-state index in [1.165, 1.54) is 0 Å². The molecule has 0 bridgehead atoms. The maximum atomic E-state index is 10.2. The molecule has 0 aromatic heterocycles. The van der Waals surface area contributed by atoms with E-state index in [2.05, 4.69) is 0 Å². The minimum Gasteiger partial charge on any atom is -0.378 e. The number of aliphatic hydroxyl groups excluding tert-OH is 1. The minimum atomic E-state index is -3.98. The molecule has 0 radical (unpaired) electrons. The summed E-state index contributed by atoms with van der Waals surface area (Å²) in [6.45, 7) is -0.0864. The topological polar surface area (TPSA) is 113 Å². The van der Waals surface area contributed by atoms with Gasteiger partial charge in [0.25, 0.3) is 10.1 Å². The van der Waals surface area contributed by atoms with Gasteiger partial charge in [-0.1, -0.05) is 0 Å². The summed E-state index contributed by atoms with van der Waals surface area (Å²) in [5.74, 6) is -0.463. The molecule has 7 nitrogen and oxygen atoms in total. The van der Waals surface area contributed by atoms with Crippen LogP contribution in [-0.4, -0.2) is 61.7 Å². The zero-order chi connectivity index (χ0) is 11.0. The number of ether oxygens (including phenoxy) is 2. The van der Waals surface area contributed by atoms with Crippen LogP contribution in [0.3, 0.4) is 0 Å². The summed E-state index contributed by atoms with van der Waals surface area (Å²) in [5, 5.41) is 16.7. The van der Waals surface area contributed by atoms with Crippen LogP contribution in [0.5, 0.6) is 0 Å². The minimum absolute atomic E-state index is 0.121. The lowest BCUT2D eigenvalue weighted by Crippen LogP contribution is -2.17. The maximum absolute atomic E-state index is 10.2. The molecule has 0 aliphatic heterocycles. The Kier molecular flexibility index (Phi) is 6.97. The van der Waals surface area contributed by atoms with Crippen molar-refractivity contribution in [2.45, 2.75) is 6.29 Å². The van der Waals surface area contributed by atoms with Gasteiger partial charge in [-0.25, -0.2) is 0 Å². The monoisotopic (exact) mass is 230 g/mol. The van der Waals surface area contributed by atoms with Gasteiger partial charge in [0.05, 0.1) is 32.2 Å². The van der Waals surface area contributed by atoms with Gasteiger partial charge in [0, 0.05) is 0 Å². The zero-order valence-electron chi connectivity index (χ0n) is 7.50. The first kappa shape index (κ1) is 13.8. The van der Waals surface area contributed by atoms with Crippen LogP contribution in [0.25, 0.3) is 0 Å². The molecule has 0 aliphatic carbocycles. The number of hydrogen-bond donors (Lipinski definition) is 3. The summed E-state index contributed by atoms with van der Waals surface area (Å²) >= 11 is 0. The van der Waals surface area contributed by atoms with E-state index in [0.717, 1.165) is 0 Å². The molecule has 0 aromatic rings. The lowest BCUT2D eigenvalue weighted by Gasteiger charge is -2.05. The second-order valence-corrected chi connectivity index (χ2v) is 4.03. The summed E-state index contributed by atoms with van der Waals surface area (Å²) in [6.07, 6.45) is -1.52. The highest BCUT2D eigenvalue weighted by Gasteiger charge is 2.03. The lowest BCUT2D eigenvalue weighted by molar-refractivity contribution is -0.1000. The van der Waals surface area contributed by atoms with Crippen molar-refractivity contribution in [2.24, 2.45) is 0 Å². The molecule has 0 rings (SSSR count). The van der Waals surface area contributed by atoms with Gasteiger partial charge in [0.1, 0.15) is 0 Å². The van der Waals surface area contributed by atoms with Crippen molar-refractivity contribution in [3.8, 4) is 0 Å². The average molecular weight is 230 g/mol. The van der Waals surface area contributed by atoms with Crippen molar-refractivity contribution in [2.75, 3.05) is 32.2 Å². The van der Waals surface area contributed by atoms with Crippen molar-refractivity contribution in [3.63, 3.8) is 0 Å². The van der Waals surface area contributed by atoms with E-state index >= 15 is 0 Å². The van der Waals surface area contributed by atoms with Gasteiger partial charge in [-0.15, -0.1) is 0 Å². The Hall–Kier alpha value is -0.250. The number of aliphatic hydroxyl groups is 2. The van der Waals surface area contributed by atoms with Gasteiger partial charge in [-0.3, -0.25) is 4.55 Å². The Morgan fingerprint density at radius 1 is 1.07 bits per heavy atom. The van der Waals surface area contributed by atoms with Gasteiger partial charge in [-0.2, -0.15) is 8.42 Å². The smallest absolute Gasteiger partial charge is 0.267 e. The lowest BCUT2D eigenvalue weighted by atomic mass is 10.7. The summed E-state index contributed by atoms with van der Waals surface area (Å²) in [5.41, 5.74) is 0. The molecule has 0 heterocycles. The molecule has 0 saturated carbocycles. The Balaban J connectivity index is 3.15. The summed E-state index contributed by atoms with van der Waals surface area (Å²) in [7, 11) is -3.98. The van der Waals surface area contributed by atoms with Crippen molar-refractivity contribution in [1.82, 2.24) is 0 Å². The van der Waals surface area contributed by atoms with Gasteiger partial charge in [0.15, 0.2) is 6.29 Å². The van der Waals surface area contributed by atoms with Gasteiger partial charge in [0.2, 0.25) is 0 Å². The number of hydrogen-bond acceptors (Lipinski definition) is 6. The molecule has 0 amide bonds. The summed E-state index contributed by atoms with van der Waals surface area (Å²) in [6, 6.07) is 0. The highest BCUT2D eigenvalue weighted by molar-refractivity contribution is 7.85. The third-order valence-electron chi connectivity index (χ3n) is 1.12. The van der Waals surface area contributed by atoms with Crippen LogP contribution in [-0.2, 0) is 19.6 Å². The molecule has 0 spiro atoms. The third kappa shape index (κ3) is 11.8. The van der Waals surface area contributed by atoms with Crippen LogP contribution in [0.15, 0.2) is 0 Å². The van der Waals surface area contributed by atoms with Crippen LogP contribution >= 0.6 is 0 Å². The Morgan fingerprint density at radius 3 is 2.14 bits per heavy atom. The van der Waals surface area contributed by atoms with Crippen LogP contribution in [0.4, 0.5) is 0 Å². The molecule has 8 heteroatoms. The molecule has 86 valence electrons. The van der Waals surface area contributed by atoms with E-state index in [1.54, 1.807) is 0 Å². The second-order valence-electron chi connectivity index (χ2n) is 2.45. The molecular weight excluding hydrogens is 216 g/mol. The molecule has 0 saturated heterocycles. The van der Waals surface area contributed by atoms with Crippen LogP contribution in [0.2, 0.25) is 0 Å². The van der Waals surface area contributed by atoms with Crippen molar-refractivity contribution in [1.29, 1.82) is 0 Å². The SMILES string of the molecule is O=S(=O)(O)CCOCCOCC(O)O. The Bertz CT molecular complexity index is 222. The summed E-state index contributed by atoms with van der Waals surface area (Å²) in [4.78, 5) is 0. The molecule has 0 unspecified atom stereocenters. The standard InChI is InChI=1S/C6H14O7S/c7-6(8)5-13-2-1-12-3-4-14(9,10)11/h6-8H,1-5H2,(H,9,10,11). The van der Waals surface area contributed by atoms with E-state index in [-0.39, 0.29) is 26.4 Å². The highest BCUT2D eigenvalue weighted by atomic mass is 32.2. The third-order valence-corrected chi connectivity index (χ3v) is 1.81. The average Bonchev–Trinajstić information content (AvgIpc) is 2.00. The van der Waals surface area contributed by atoms with Crippen molar-refractivity contribution in [3.05, 3.63) is 0 Å². The fourth-order valence-electron chi connectivity index (χ4n) is 0.573. The molecule has 14 heavy (non-hydrogen) atoms. The maximum Gasteiger partial charge on any atom is 0.267 e. The van der Waals surface area contributed by atoms with E-state index in [9.17, 15) is 8.42 Å². The predicted molar refractivity (Wildman–Crippen MR) is 46.3 cm³/mol. The molecular formula is C6H14O7S. The van der Waals surface area contributed by atoms with Gasteiger partial charge in [-0.05, 0) is 0 Å². The van der Waals surface area contributed by atoms with Crippen molar-refractivity contribution < 1.29 is 32.7 Å². The van der Waals surface area contributed by atoms with E-state index in [4.69, 9.17) is 24.2 Å². The Labute approximate surface area is 82.0 Å². The largest absolute Gasteiger partial charge is 0.378 e. The zero-order valence-corrected chi connectivity index (χ0v) is 8.31. The van der Waals surface area contributed by atoms with Gasteiger partial charge >= 0.3 is 0 Å². The second kappa shape index (κ2) is 7.10. The van der Waals surface area contributed by atoms with Crippen LogP contribution < -0.4 is 0 Å². The first-order chi connectivity index (χ1) is 6.42. The fourth-order valence-corrected chi connectivity index (χ4v) is 0.901. The normalized spacial score (nSPS) is 12.3. The fraction of sp³-hybridized carbons (Fsp3) is 1.00. The van der Waals surface area contributed by atoms with Crippen LogP contribution in [0.1, 0.15) is 0 Å². The van der Waals surface area contributed by atoms with E-state index in [0.29, 0.717) is 0 Å². The first-order valence-electron chi connectivity index (χ1n) is 3.88. The van der Waals surface area contributed by atoms with Crippen LogP contribution in [0, 0.1) is 0 Å². The molecule has 0 aromatic carbocycles. The predicted octanol–water partition coefficient (Wildman–Crippen LogP) is -1.78. The van der Waals surface area contributed by atoms with Gasteiger partial charge < -0.3 is 19.7 Å². The first-order valence-corrected chi connectivity index (χ1v) is 5.49. The summed E-state index contributed by atoms with van der Waals surface area (Å²) < 4.78 is 38.1. The van der Waals surface area contributed by atoms with E-state index < -0.39 is 22.2 Å². The van der Waals surface area contributed by atoms with E-state index in [1.807, 2.05) is 0 Å². The van der Waals surface area contributed by atoms with Crippen molar-refractivity contribution >= 4 is 10.1 Å². The molecule has 0 aliphatic rings. The highest BCUT2D eigenvalue weighted by Crippen LogP contribution is 1.85. The number of rotatable bonds is 8. The Morgan fingerprint density at radius 2 is 1.64 bits per heavy atom.